The van der Waals surface area contributed by atoms with E-state index in [4.69, 9.17) is 0 Å². The van der Waals surface area contributed by atoms with Crippen LogP contribution in [-0.2, 0) is 0 Å². The summed E-state index contributed by atoms with van der Waals surface area (Å²) in [5.74, 6) is 0.157. The van der Waals surface area contributed by atoms with Gasteiger partial charge in [0, 0.05) is 12.7 Å². The number of nitrogens with zero attached hydrogens (tertiary/aromatic N) is 2. The minimum absolute atomic E-state index is 0.147. The van der Waals surface area contributed by atoms with E-state index in [-0.39, 0.29) is 11.7 Å². The van der Waals surface area contributed by atoms with Gasteiger partial charge in [-0.05, 0) is 49.1 Å². The first-order valence-electron chi connectivity index (χ1n) is 7.82. The van der Waals surface area contributed by atoms with Gasteiger partial charge in [-0.3, -0.25) is 4.79 Å². The third-order valence-electron chi connectivity index (χ3n) is 4.19. The van der Waals surface area contributed by atoms with Gasteiger partial charge in [-0.1, -0.05) is 19.3 Å². The van der Waals surface area contributed by atoms with Crippen LogP contribution in [-0.4, -0.2) is 22.2 Å². The standard InChI is InChI=1S/C17H20FN3O/c18-14-6-8-15(9-7-14)21-11-10-16(20-21)17(22)19-12-13-4-2-1-3-5-13/h6-11,13H,1-5,12H2,(H,19,22). The molecule has 2 aromatic rings. The molecule has 4 nitrogen and oxygen atoms in total. The molecule has 1 amide bonds. The van der Waals surface area contributed by atoms with E-state index in [9.17, 15) is 9.18 Å². The predicted molar refractivity (Wildman–Crippen MR) is 82.4 cm³/mol. The van der Waals surface area contributed by atoms with Crippen molar-refractivity contribution < 1.29 is 9.18 Å². The van der Waals surface area contributed by atoms with Gasteiger partial charge in [0.25, 0.3) is 5.91 Å². The number of halogens is 1. The number of carbonyl (C=O) groups excluding carboxylic acids is 1. The van der Waals surface area contributed by atoms with Crippen molar-refractivity contribution in [2.24, 2.45) is 5.92 Å². The molecule has 1 saturated carbocycles. The first-order valence-corrected chi connectivity index (χ1v) is 7.82. The van der Waals surface area contributed by atoms with Crippen molar-refractivity contribution in [1.82, 2.24) is 15.1 Å². The summed E-state index contributed by atoms with van der Waals surface area (Å²) in [6.45, 7) is 0.724. The van der Waals surface area contributed by atoms with E-state index in [0.717, 1.165) is 12.2 Å². The topological polar surface area (TPSA) is 46.9 Å². The van der Waals surface area contributed by atoms with E-state index >= 15 is 0 Å². The zero-order valence-electron chi connectivity index (χ0n) is 12.5. The minimum Gasteiger partial charge on any atom is -0.350 e. The highest BCUT2D eigenvalue weighted by molar-refractivity contribution is 5.92. The molecule has 0 atom stereocenters. The van der Waals surface area contributed by atoms with E-state index < -0.39 is 0 Å². The van der Waals surface area contributed by atoms with Crippen LogP contribution in [0.15, 0.2) is 36.5 Å². The Kier molecular flexibility index (Phi) is 4.51. The predicted octanol–water partition coefficient (Wildman–Crippen LogP) is 3.32. The molecule has 22 heavy (non-hydrogen) atoms. The molecule has 5 heteroatoms. The largest absolute Gasteiger partial charge is 0.350 e. The monoisotopic (exact) mass is 301 g/mol. The Morgan fingerprint density at radius 3 is 2.64 bits per heavy atom. The molecular formula is C17H20FN3O. The number of aromatic nitrogens is 2. The van der Waals surface area contributed by atoms with Crippen molar-refractivity contribution in [2.45, 2.75) is 32.1 Å². The number of rotatable bonds is 4. The molecule has 1 N–H and O–H groups in total. The Morgan fingerprint density at radius 2 is 1.91 bits per heavy atom. The Hall–Kier alpha value is -2.17. The average Bonchev–Trinajstić information content (AvgIpc) is 3.04. The molecule has 1 aliphatic rings. The van der Waals surface area contributed by atoms with Gasteiger partial charge in [0.15, 0.2) is 5.69 Å². The van der Waals surface area contributed by atoms with Crippen LogP contribution in [0.3, 0.4) is 0 Å². The van der Waals surface area contributed by atoms with Crippen LogP contribution < -0.4 is 5.32 Å². The molecular weight excluding hydrogens is 281 g/mol. The SMILES string of the molecule is O=C(NCC1CCCCC1)c1ccn(-c2ccc(F)cc2)n1. The van der Waals surface area contributed by atoms with Crippen LogP contribution in [0.4, 0.5) is 4.39 Å². The molecule has 0 spiro atoms. The number of hydrogen-bond acceptors (Lipinski definition) is 2. The van der Waals surface area contributed by atoms with Gasteiger partial charge in [-0.25, -0.2) is 9.07 Å². The summed E-state index contributed by atoms with van der Waals surface area (Å²) in [7, 11) is 0. The maximum absolute atomic E-state index is 12.9. The molecule has 1 heterocycles. The molecule has 116 valence electrons. The first-order chi connectivity index (χ1) is 10.7. The van der Waals surface area contributed by atoms with E-state index in [0.29, 0.717) is 11.6 Å². The second-order valence-corrected chi connectivity index (χ2v) is 5.84. The Bertz CT molecular complexity index is 630. The molecule has 0 aliphatic heterocycles. The lowest BCUT2D eigenvalue weighted by Crippen LogP contribution is -2.30. The van der Waals surface area contributed by atoms with Crippen LogP contribution in [0, 0.1) is 11.7 Å². The second-order valence-electron chi connectivity index (χ2n) is 5.84. The van der Waals surface area contributed by atoms with E-state index in [2.05, 4.69) is 10.4 Å². The van der Waals surface area contributed by atoms with Crippen molar-refractivity contribution in [1.29, 1.82) is 0 Å². The van der Waals surface area contributed by atoms with Crippen molar-refractivity contribution in [3.8, 4) is 5.69 Å². The number of benzene rings is 1. The van der Waals surface area contributed by atoms with Crippen LogP contribution >= 0.6 is 0 Å². The molecule has 0 unspecified atom stereocenters. The third kappa shape index (κ3) is 3.53. The van der Waals surface area contributed by atoms with E-state index in [1.165, 1.54) is 44.2 Å². The zero-order valence-corrected chi connectivity index (χ0v) is 12.5. The summed E-state index contributed by atoms with van der Waals surface area (Å²) in [4.78, 5) is 12.1. The lowest BCUT2D eigenvalue weighted by molar-refractivity contribution is 0.0938. The second kappa shape index (κ2) is 6.73. The quantitative estimate of drug-likeness (QED) is 0.941. The summed E-state index contributed by atoms with van der Waals surface area (Å²) in [5, 5.41) is 7.22. The lowest BCUT2D eigenvalue weighted by Gasteiger charge is -2.21. The fourth-order valence-corrected chi connectivity index (χ4v) is 2.90. The van der Waals surface area contributed by atoms with Gasteiger partial charge >= 0.3 is 0 Å². The van der Waals surface area contributed by atoms with Crippen molar-refractivity contribution in [3.63, 3.8) is 0 Å². The summed E-state index contributed by atoms with van der Waals surface area (Å²) in [6, 6.07) is 7.69. The molecule has 0 bridgehead atoms. The van der Waals surface area contributed by atoms with Crippen LogP contribution in [0.25, 0.3) is 5.69 Å². The zero-order chi connectivity index (χ0) is 15.4. The first kappa shape index (κ1) is 14.8. The van der Waals surface area contributed by atoms with Crippen molar-refractivity contribution >= 4 is 5.91 Å². The lowest BCUT2D eigenvalue weighted by atomic mass is 9.89. The fraction of sp³-hybridized carbons (Fsp3) is 0.412. The summed E-state index contributed by atoms with van der Waals surface area (Å²) < 4.78 is 14.5. The van der Waals surface area contributed by atoms with Crippen LogP contribution in [0.1, 0.15) is 42.6 Å². The van der Waals surface area contributed by atoms with Gasteiger partial charge in [0.1, 0.15) is 5.82 Å². The molecule has 0 radical (unpaired) electrons. The molecule has 1 aromatic heterocycles. The maximum Gasteiger partial charge on any atom is 0.271 e. The molecule has 1 aromatic carbocycles. The molecule has 1 fully saturated rings. The summed E-state index contributed by atoms with van der Waals surface area (Å²) in [5.41, 5.74) is 1.12. The minimum atomic E-state index is -0.290. The van der Waals surface area contributed by atoms with Gasteiger partial charge < -0.3 is 5.32 Å². The van der Waals surface area contributed by atoms with Crippen LogP contribution in [0.5, 0.6) is 0 Å². The van der Waals surface area contributed by atoms with E-state index in [1.54, 1.807) is 29.1 Å². The summed E-state index contributed by atoms with van der Waals surface area (Å²) >= 11 is 0. The Labute approximate surface area is 129 Å². The Morgan fingerprint density at radius 1 is 1.18 bits per heavy atom. The Balaban J connectivity index is 1.60. The molecule has 3 rings (SSSR count). The smallest absolute Gasteiger partial charge is 0.271 e. The van der Waals surface area contributed by atoms with Crippen molar-refractivity contribution in [2.75, 3.05) is 6.54 Å². The average molecular weight is 301 g/mol. The number of carbonyl (C=O) groups is 1. The van der Waals surface area contributed by atoms with Gasteiger partial charge in [0.2, 0.25) is 0 Å². The molecule has 0 saturated heterocycles. The van der Waals surface area contributed by atoms with Gasteiger partial charge in [-0.15, -0.1) is 0 Å². The van der Waals surface area contributed by atoms with Gasteiger partial charge in [-0.2, -0.15) is 5.10 Å². The van der Waals surface area contributed by atoms with Gasteiger partial charge in [0.05, 0.1) is 5.69 Å². The van der Waals surface area contributed by atoms with E-state index in [1.807, 2.05) is 0 Å². The van der Waals surface area contributed by atoms with Crippen LogP contribution in [0.2, 0.25) is 0 Å². The fourth-order valence-electron chi connectivity index (χ4n) is 2.90. The summed E-state index contributed by atoms with van der Waals surface area (Å²) in [6.07, 6.45) is 7.95. The third-order valence-corrected chi connectivity index (χ3v) is 4.19. The highest BCUT2D eigenvalue weighted by Gasteiger charge is 2.16. The maximum atomic E-state index is 12.9. The molecule has 1 aliphatic carbocycles. The number of nitrogens with one attached hydrogen (secondary N) is 1. The highest BCUT2D eigenvalue weighted by Crippen LogP contribution is 2.22. The number of amides is 1. The van der Waals surface area contributed by atoms with Crippen molar-refractivity contribution in [3.05, 3.63) is 48.0 Å². The highest BCUT2D eigenvalue weighted by atomic mass is 19.1. The number of hydrogen-bond donors (Lipinski definition) is 1. The normalized spacial score (nSPS) is 15.7.